The molecule has 1 atom stereocenters. The van der Waals surface area contributed by atoms with E-state index in [2.05, 4.69) is 39.1 Å². The second kappa shape index (κ2) is 5.06. The van der Waals surface area contributed by atoms with E-state index in [0.717, 1.165) is 17.8 Å². The topological polar surface area (TPSA) is 38.0 Å². The van der Waals surface area contributed by atoms with Gasteiger partial charge in [0, 0.05) is 17.4 Å². The fourth-order valence-corrected chi connectivity index (χ4v) is 1.85. The molecule has 0 spiro atoms. The first kappa shape index (κ1) is 11.9. The van der Waals surface area contributed by atoms with Crippen LogP contribution in [0.15, 0.2) is 18.2 Å². The minimum atomic E-state index is 0.520. The Kier molecular flexibility index (Phi) is 4.01. The van der Waals surface area contributed by atoms with Crippen molar-refractivity contribution in [3.05, 3.63) is 23.8 Å². The molecule has 1 aromatic carbocycles. The fraction of sp³-hybridized carbons (Fsp3) is 0.538. The summed E-state index contributed by atoms with van der Waals surface area (Å²) >= 11 is 0. The zero-order chi connectivity index (χ0) is 11.4. The normalized spacial score (nSPS) is 12.9. The lowest BCUT2D eigenvalue weighted by molar-refractivity contribution is 0.511. The Morgan fingerprint density at radius 1 is 1.27 bits per heavy atom. The summed E-state index contributed by atoms with van der Waals surface area (Å²) in [5.41, 5.74) is 8.98. The predicted molar refractivity (Wildman–Crippen MR) is 68.1 cm³/mol. The summed E-state index contributed by atoms with van der Waals surface area (Å²) < 4.78 is 0. The van der Waals surface area contributed by atoms with Crippen molar-refractivity contribution in [1.29, 1.82) is 0 Å². The molecule has 0 aliphatic heterocycles. The molecule has 3 N–H and O–H groups in total. The number of nitrogens with one attached hydrogen (secondary N) is 1. The molecule has 0 bridgehead atoms. The van der Waals surface area contributed by atoms with Crippen LogP contribution in [0.4, 0.5) is 11.4 Å². The second-order valence-electron chi connectivity index (χ2n) is 4.54. The van der Waals surface area contributed by atoms with Crippen molar-refractivity contribution < 1.29 is 0 Å². The van der Waals surface area contributed by atoms with Gasteiger partial charge in [-0.25, -0.2) is 0 Å². The summed E-state index contributed by atoms with van der Waals surface area (Å²) in [6.07, 6.45) is 1.13. The minimum absolute atomic E-state index is 0.520. The maximum atomic E-state index is 5.81. The van der Waals surface area contributed by atoms with Crippen LogP contribution < -0.4 is 11.1 Å². The maximum Gasteiger partial charge on any atom is 0.0365 e. The summed E-state index contributed by atoms with van der Waals surface area (Å²) in [4.78, 5) is 0. The zero-order valence-electron chi connectivity index (χ0n) is 10.2. The van der Waals surface area contributed by atoms with Crippen LogP contribution in [0, 0.1) is 12.8 Å². The van der Waals surface area contributed by atoms with Crippen molar-refractivity contribution in [3.63, 3.8) is 0 Å². The highest BCUT2D eigenvalue weighted by molar-refractivity contribution is 5.57. The van der Waals surface area contributed by atoms with Crippen molar-refractivity contribution in [2.75, 3.05) is 11.1 Å². The number of nitrogen functional groups attached to an aromatic ring is 1. The number of aryl methyl sites for hydroxylation is 1. The van der Waals surface area contributed by atoms with E-state index in [9.17, 15) is 0 Å². The van der Waals surface area contributed by atoms with Crippen molar-refractivity contribution in [1.82, 2.24) is 0 Å². The van der Waals surface area contributed by atoms with Gasteiger partial charge in [-0.2, -0.15) is 0 Å². The van der Waals surface area contributed by atoms with E-state index < -0.39 is 0 Å². The highest BCUT2D eigenvalue weighted by Crippen LogP contribution is 2.19. The largest absolute Gasteiger partial charge is 0.399 e. The van der Waals surface area contributed by atoms with Gasteiger partial charge in [-0.3, -0.25) is 0 Å². The summed E-state index contributed by atoms with van der Waals surface area (Å²) in [6.45, 7) is 8.75. The molecule has 0 radical (unpaired) electrons. The van der Waals surface area contributed by atoms with E-state index in [1.54, 1.807) is 0 Å². The van der Waals surface area contributed by atoms with Crippen LogP contribution in [0.2, 0.25) is 0 Å². The quantitative estimate of drug-likeness (QED) is 0.741. The van der Waals surface area contributed by atoms with E-state index in [-0.39, 0.29) is 0 Å². The number of hydrogen-bond acceptors (Lipinski definition) is 2. The van der Waals surface area contributed by atoms with Gasteiger partial charge in [0.15, 0.2) is 0 Å². The average molecular weight is 206 g/mol. The molecule has 0 fully saturated rings. The van der Waals surface area contributed by atoms with Crippen LogP contribution in [-0.2, 0) is 0 Å². The molecule has 84 valence electrons. The SMILES string of the molecule is CCC(Nc1cc(C)cc(N)c1)C(C)C. The third-order valence-electron chi connectivity index (χ3n) is 2.70. The van der Waals surface area contributed by atoms with E-state index in [1.165, 1.54) is 5.56 Å². The number of hydrogen-bond donors (Lipinski definition) is 2. The van der Waals surface area contributed by atoms with Crippen molar-refractivity contribution in [2.24, 2.45) is 5.92 Å². The lowest BCUT2D eigenvalue weighted by atomic mass is 10.0. The molecular formula is C13H22N2. The van der Waals surface area contributed by atoms with E-state index >= 15 is 0 Å². The van der Waals surface area contributed by atoms with Gasteiger partial charge >= 0.3 is 0 Å². The van der Waals surface area contributed by atoms with E-state index in [1.807, 2.05) is 12.1 Å². The van der Waals surface area contributed by atoms with Crippen LogP contribution in [0.1, 0.15) is 32.8 Å². The smallest absolute Gasteiger partial charge is 0.0365 e. The fourth-order valence-electron chi connectivity index (χ4n) is 1.85. The third-order valence-corrected chi connectivity index (χ3v) is 2.70. The lowest BCUT2D eigenvalue weighted by Gasteiger charge is -2.22. The molecule has 1 aromatic rings. The molecular weight excluding hydrogens is 184 g/mol. The Hall–Kier alpha value is -1.18. The van der Waals surface area contributed by atoms with Gasteiger partial charge in [0.1, 0.15) is 0 Å². The molecule has 0 amide bonds. The molecule has 0 aromatic heterocycles. The van der Waals surface area contributed by atoms with Gasteiger partial charge in [-0.05, 0) is 43.0 Å². The van der Waals surface area contributed by atoms with Crippen LogP contribution in [0.5, 0.6) is 0 Å². The standard InChI is InChI=1S/C13H22N2/c1-5-13(9(2)3)15-12-7-10(4)6-11(14)8-12/h6-9,13,15H,5,14H2,1-4H3. The number of anilines is 2. The number of benzene rings is 1. The van der Waals surface area contributed by atoms with Gasteiger partial charge in [0.05, 0.1) is 0 Å². The van der Waals surface area contributed by atoms with Crippen LogP contribution >= 0.6 is 0 Å². The molecule has 0 saturated heterocycles. The maximum absolute atomic E-state index is 5.81. The first-order valence-corrected chi connectivity index (χ1v) is 5.66. The minimum Gasteiger partial charge on any atom is -0.399 e. The van der Waals surface area contributed by atoms with Gasteiger partial charge in [0.25, 0.3) is 0 Å². The number of nitrogens with two attached hydrogens (primary N) is 1. The number of rotatable bonds is 4. The molecule has 0 aliphatic carbocycles. The molecule has 0 heterocycles. The van der Waals surface area contributed by atoms with Crippen molar-refractivity contribution >= 4 is 11.4 Å². The predicted octanol–water partition coefficient (Wildman–Crippen LogP) is 3.42. The highest BCUT2D eigenvalue weighted by atomic mass is 14.9. The molecule has 2 heteroatoms. The first-order valence-electron chi connectivity index (χ1n) is 5.66. The Labute approximate surface area is 92.9 Å². The van der Waals surface area contributed by atoms with Gasteiger partial charge in [-0.1, -0.05) is 20.8 Å². The zero-order valence-corrected chi connectivity index (χ0v) is 10.2. The Balaban J connectivity index is 2.79. The Morgan fingerprint density at radius 3 is 2.40 bits per heavy atom. The van der Waals surface area contributed by atoms with E-state index in [4.69, 9.17) is 5.73 Å². The van der Waals surface area contributed by atoms with E-state index in [0.29, 0.717) is 12.0 Å². The summed E-state index contributed by atoms with van der Waals surface area (Å²) in [7, 11) is 0. The van der Waals surface area contributed by atoms with Crippen LogP contribution in [0.3, 0.4) is 0 Å². The van der Waals surface area contributed by atoms with Crippen LogP contribution in [0.25, 0.3) is 0 Å². The van der Waals surface area contributed by atoms with Gasteiger partial charge in [-0.15, -0.1) is 0 Å². The molecule has 0 saturated carbocycles. The van der Waals surface area contributed by atoms with Crippen LogP contribution in [-0.4, -0.2) is 6.04 Å². The van der Waals surface area contributed by atoms with Crippen molar-refractivity contribution in [2.45, 2.75) is 40.2 Å². The Morgan fingerprint density at radius 2 is 1.93 bits per heavy atom. The van der Waals surface area contributed by atoms with Gasteiger partial charge < -0.3 is 11.1 Å². The highest BCUT2D eigenvalue weighted by Gasteiger charge is 2.10. The van der Waals surface area contributed by atoms with Gasteiger partial charge in [0.2, 0.25) is 0 Å². The summed E-state index contributed by atoms with van der Waals surface area (Å²) in [5, 5.41) is 3.53. The second-order valence-corrected chi connectivity index (χ2v) is 4.54. The molecule has 1 unspecified atom stereocenters. The summed E-state index contributed by atoms with van der Waals surface area (Å²) in [5.74, 6) is 0.636. The monoisotopic (exact) mass is 206 g/mol. The Bertz CT molecular complexity index is 298. The third kappa shape index (κ3) is 3.46. The average Bonchev–Trinajstić information content (AvgIpc) is 2.12. The first-order chi connectivity index (χ1) is 7.02. The molecule has 15 heavy (non-hydrogen) atoms. The molecule has 2 nitrogen and oxygen atoms in total. The summed E-state index contributed by atoms with van der Waals surface area (Å²) in [6, 6.07) is 6.65. The lowest BCUT2D eigenvalue weighted by Crippen LogP contribution is -2.24. The molecule has 1 rings (SSSR count). The van der Waals surface area contributed by atoms with Crippen molar-refractivity contribution in [3.8, 4) is 0 Å². The molecule has 0 aliphatic rings.